The minimum absolute atomic E-state index is 0.0864. The summed E-state index contributed by atoms with van der Waals surface area (Å²) in [5.74, 6) is 6.88. The van der Waals surface area contributed by atoms with E-state index in [1.54, 1.807) is 6.08 Å². The molecule has 0 aliphatic heterocycles. The molecule has 0 radical (unpaired) electrons. The van der Waals surface area contributed by atoms with Gasteiger partial charge in [-0.1, -0.05) is 174 Å². The van der Waals surface area contributed by atoms with Crippen molar-refractivity contribution in [1.82, 2.24) is 15.6 Å². The lowest BCUT2D eigenvalue weighted by molar-refractivity contribution is -0.122. The first-order chi connectivity index (χ1) is 22.8. The average molecular weight is 664 g/mol. The van der Waals surface area contributed by atoms with Crippen LogP contribution >= 0.6 is 0 Å². The number of nitrogens with one attached hydrogen (secondary N) is 2. The first kappa shape index (κ1) is 44.9. The first-order valence-electron chi connectivity index (χ1n) is 19.7. The molecular formula is C39H77N5O3. The van der Waals surface area contributed by atoms with Crippen molar-refractivity contribution in [2.24, 2.45) is 17.5 Å². The van der Waals surface area contributed by atoms with Crippen LogP contribution in [0.4, 0.5) is 0 Å². The van der Waals surface area contributed by atoms with Gasteiger partial charge in [-0.05, 0) is 25.2 Å². The molecule has 2 unspecified atom stereocenters. The number of carbonyl (C=O) groups is 2. The third-order valence-corrected chi connectivity index (χ3v) is 9.16. The van der Waals surface area contributed by atoms with Gasteiger partial charge in [-0.25, -0.2) is 5.84 Å². The number of aliphatic hydroxyl groups is 1. The lowest BCUT2D eigenvalue weighted by atomic mass is 9.96. The lowest BCUT2D eigenvalue weighted by Crippen LogP contribution is -2.50. The van der Waals surface area contributed by atoms with E-state index in [0.29, 0.717) is 12.8 Å². The fourth-order valence-corrected chi connectivity index (χ4v) is 6.10. The highest BCUT2D eigenvalue weighted by Crippen LogP contribution is 2.19. The predicted molar refractivity (Wildman–Crippen MR) is 200 cm³/mol. The van der Waals surface area contributed by atoms with Gasteiger partial charge in [-0.15, -0.1) is 0 Å². The van der Waals surface area contributed by atoms with Crippen LogP contribution in [0.1, 0.15) is 188 Å². The Balaban J connectivity index is 4.39. The number of hydrogen-bond donors (Lipinski definition) is 5. The Hall–Kier alpha value is -2.06. The summed E-state index contributed by atoms with van der Waals surface area (Å²) < 4.78 is 0. The number of nitrogens with two attached hydrogens (primary N) is 2. The van der Waals surface area contributed by atoms with Gasteiger partial charge in [0.05, 0.1) is 24.9 Å². The summed E-state index contributed by atoms with van der Waals surface area (Å²) in [6.45, 7) is 7.06. The molecule has 8 heteroatoms. The summed E-state index contributed by atoms with van der Waals surface area (Å²) in [5.41, 5.74) is 5.73. The highest BCUT2D eigenvalue weighted by molar-refractivity contribution is 5.76. The highest BCUT2D eigenvalue weighted by Gasteiger charge is 2.21. The minimum atomic E-state index is -0.885. The Morgan fingerprint density at radius 1 is 0.745 bits per heavy atom. The molecule has 47 heavy (non-hydrogen) atoms. The van der Waals surface area contributed by atoms with Crippen molar-refractivity contribution in [3.8, 4) is 0 Å². The molecule has 276 valence electrons. The van der Waals surface area contributed by atoms with Gasteiger partial charge in [0.1, 0.15) is 5.82 Å². The second-order valence-corrected chi connectivity index (χ2v) is 13.9. The van der Waals surface area contributed by atoms with Crippen molar-refractivity contribution in [3.63, 3.8) is 0 Å². The predicted octanol–water partition coefficient (Wildman–Crippen LogP) is 8.89. The third-order valence-electron chi connectivity index (χ3n) is 9.16. The molecule has 0 rings (SSSR count). The Morgan fingerprint density at radius 2 is 1.21 bits per heavy atom. The second kappa shape index (κ2) is 33.8. The molecule has 0 aromatic heterocycles. The molecule has 0 spiro atoms. The van der Waals surface area contributed by atoms with Gasteiger partial charge in [0.15, 0.2) is 0 Å². The maximum atomic E-state index is 12.8. The van der Waals surface area contributed by atoms with Crippen LogP contribution < -0.4 is 22.2 Å². The van der Waals surface area contributed by atoms with Gasteiger partial charge >= 0.3 is 0 Å². The van der Waals surface area contributed by atoms with Crippen molar-refractivity contribution >= 4 is 12.3 Å². The van der Waals surface area contributed by atoms with Gasteiger partial charge in [0.2, 0.25) is 12.3 Å². The van der Waals surface area contributed by atoms with Crippen molar-refractivity contribution in [2.45, 2.75) is 200 Å². The van der Waals surface area contributed by atoms with Crippen LogP contribution in [0.25, 0.3) is 0 Å². The van der Waals surface area contributed by atoms with E-state index in [1.807, 2.05) is 6.08 Å². The molecule has 0 fully saturated rings. The number of nitrogens with zero attached hydrogens (tertiary/aromatic N) is 1. The maximum absolute atomic E-state index is 12.8. The summed E-state index contributed by atoms with van der Waals surface area (Å²) in [7, 11) is 0. The number of rotatable bonds is 35. The van der Waals surface area contributed by atoms with Crippen molar-refractivity contribution in [2.75, 3.05) is 6.54 Å². The molecule has 0 aromatic rings. The Labute approximate surface area is 290 Å². The van der Waals surface area contributed by atoms with E-state index in [9.17, 15) is 14.7 Å². The normalized spacial score (nSPS) is 13.9. The zero-order valence-corrected chi connectivity index (χ0v) is 31.0. The van der Waals surface area contributed by atoms with Crippen molar-refractivity contribution < 1.29 is 14.7 Å². The number of unbranched alkanes of at least 4 members (excludes halogenated alkanes) is 20. The van der Waals surface area contributed by atoms with E-state index in [0.717, 1.165) is 38.0 Å². The molecule has 2 amide bonds. The molecule has 0 saturated carbocycles. The van der Waals surface area contributed by atoms with Crippen LogP contribution in [0.5, 0.6) is 0 Å². The minimum Gasteiger partial charge on any atom is -0.387 e. The van der Waals surface area contributed by atoms with Crippen molar-refractivity contribution in [3.05, 3.63) is 24.2 Å². The first-order valence-corrected chi connectivity index (χ1v) is 19.7. The quantitative estimate of drug-likeness (QED) is 0.0151. The van der Waals surface area contributed by atoms with Crippen LogP contribution in [0, 0.1) is 5.92 Å². The standard InChI is InChI=1S/C39H77N5O3/c1-4-6-8-10-12-13-14-15-16-17-18-22-26-30-37(46)36(32-44(41)33-38(40)42-34-45)43-39(47)31-27-23-19-21-25-29-35(3)28-24-20-11-9-7-5-2/h26,30,33-37,46H,4-25,27-29,31-32,40-41H2,1-3H3,(H,42,45)(H,43,47)/b30-26+,38-33+/t35?,36?,37-/m1/s1. The zero-order valence-electron chi connectivity index (χ0n) is 31.0. The molecule has 0 saturated heterocycles. The largest absolute Gasteiger partial charge is 0.387 e. The SMILES string of the molecule is CCCCCCCCCCCCC/C=C/[C@@H](O)C(CN(N)/C=C(\N)NC=O)NC(=O)CCCCCCCC(C)CCCCCCCC. The number of hydrogen-bond acceptors (Lipinski definition) is 6. The second-order valence-electron chi connectivity index (χ2n) is 13.9. The number of aliphatic hydroxyl groups excluding tert-OH is 1. The molecule has 0 aromatic carbocycles. The fraction of sp³-hybridized carbons (Fsp3) is 0.846. The van der Waals surface area contributed by atoms with Crippen LogP contribution in [-0.4, -0.2) is 41.1 Å². The topological polar surface area (TPSA) is 134 Å². The lowest BCUT2D eigenvalue weighted by Gasteiger charge is -2.26. The maximum Gasteiger partial charge on any atom is 0.220 e. The number of carbonyl (C=O) groups excluding carboxylic acids is 2. The van der Waals surface area contributed by atoms with E-state index in [-0.39, 0.29) is 18.3 Å². The van der Waals surface area contributed by atoms with E-state index in [1.165, 1.54) is 140 Å². The molecule has 0 aliphatic rings. The molecule has 3 atom stereocenters. The molecule has 8 nitrogen and oxygen atoms in total. The summed E-state index contributed by atoms with van der Waals surface area (Å²) in [6.07, 6.45) is 36.7. The Morgan fingerprint density at radius 3 is 1.72 bits per heavy atom. The van der Waals surface area contributed by atoms with Crippen LogP contribution in [0.3, 0.4) is 0 Å². The van der Waals surface area contributed by atoms with Gasteiger partial charge in [-0.2, -0.15) is 0 Å². The van der Waals surface area contributed by atoms with Crippen molar-refractivity contribution in [1.29, 1.82) is 0 Å². The molecule has 0 bridgehead atoms. The van der Waals surface area contributed by atoms with Gasteiger partial charge in [0.25, 0.3) is 0 Å². The monoisotopic (exact) mass is 664 g/mol. The third kappa shape index (κ3) is 31.0. The summed E-state index contributed by atoms with van der Waals surface area (Å²) >= 11 is 0. The highest BCUT2D eigenvalue weighted by atomic mass is 16.3. The van der Waals surface area contributed by atoms with Crippen LogP contribution in [0.2, 0.25) is 0 Å². The van der Waals surface area contributed by atoms with Gasteiger partial charge < -0.3 is 26.5 Å². The van der Waals surface area contributed by atoms with E-state index in [4.69, 9.17) is 11.6 Å². The van der Waals surface area contributed by atoms with Gasteiger partial charge in [-0.3, -0.25) is 9.59 Å². The number of allylic oxidation sites excluding steroid dienone is 1. The zero-order chi connectivity index (χ0) is 34.8. The number of hydrazine groups is 1. The molecule has 0 aliphatic carbocycles. The average Bonchev–Trinajstić information content (AvgIpc) is 3.04. The molecule has 7 N–H and O–H groups in total. The molecular weight excluding hydrogens is 586 g/mol. The Bertz CT molecular complexity index is 776. The fourth-order valence-electron chi connectivity index (χ4n) is 6.10. The Kier molecular flexibility index (Phi) is 32.3. The summed E-state index contributed by atoms with van der Waals surface area (Å²) in [4.78, 5) is 23.5. The van der Waals surface area contributed by atoms with E-state index >= 15 is 0 Å². The van der Waals surface area contributed by atoms with Crippen LogP contribution in [-0.2, 0) is 9.59 Å². The smallest absolute Gasteiger partial charge is 0.220 e. The van der Waals surface area contributed by atoms with E-state index < -0.39 is 12.1 Å². The summed E-state index contributed by atoms with van der Waals surface area (Å²) in [5, 5.41) is 17.5. The van der Waals surface area contributed by atoms with Crippen LogP contribution in [0.15, 0.2) is 24.2 Å². The van der Waals surface area contributed by atoms with Gasteiger partial charge in [0, 0.05) is 6.42 Å². The summed E-state index contributed by atoms with van der Waals surface area (Å²) in [6, 6.07) is -0.602. The van der Waals surface area contributed by atoms with E-state index in [2.05, 4.69) is 31.4 Å². The molecule has 0 heterocycles. The number of amides is 2.